The van der Waals surface area contributed by atoms with Crippen molar-refractivity contribution in [3.8, 4) is 0 Å². The van der Waals surface area contributed by atoms with Gasteiger partial charge >= 0.3 is 5.97 Å². The van der Waals surface area contributed by atoms with Gasteiger partial charge in [0.25, 0.3) is 0 Å². The molecule has 1 N–H and O–H groups in total. The van der Waals surface area contributed by atoms with Crippen molar-refractivity contribution in [2.24, 2.45) is 22.7 Å². The monoisotopic (exact) mass is 384 g/mol. The van der Waals surface area contributed by atoms with Gasteiger partial charge in [-0.05, 0) is 74.5 Å². The van der Waals surface area contributed by atoms with E-state index in [2.05, 4.69) is 40.3 Å². The molecular formula is C25H36O3. The average molecular weight is 385 g/mol. The van der Waals surface area contributed by atoms with Crippen LogP contribution in [0.4, 0.5) is 0 Å². The summed E-state index contributed by atoms with van der Waals surface area (Å²) in [5, 5.41) is 9.63. The molecule has 3 rings (SSSR count). The SMILES string of the molecule is C=C1CCCC2C1(C)CCC(C)C2(C)CC/C(C)=C/C=C/C1=CC(=O)OC1O. The second-order valence-corrected chi connectivity index (χ2v) is 9.72. The van der Waals surface area contributed by atoms with E-state index in [1.165, 1.54) is 55.7 Å². The van der Waals surface area contributed by atoms with Crippen molar-refractivity contribution in [1.82, 2.24) is 0 Å². The Morgan fingerprint density at radius 2 is 2.14 bits per heavy atom. The molecular weight excluding hydrogens is 348 g/mol. The van der Waals surface area contributed by atoms with Gasteiger partial charge in [0.05, 0.1) is 0 Å². The van der Waals surface area contributed by atoms with Gasteiger partial charge < -0.3 is 9.84 Å². The predicted octanol–water partition coefficient (Wildman–Crippen LogP) is 5.87. The second kappa shape index (κ2) is 8.02. The van der Waals surface area contributed by atoms with E-state index in [9.17, 15) is 9.90 Å². The van der Waals surface area contributed by atoms with Crippen molar-refractivity contribution >= 4 is 5.97 Å². The lowest BCUT2D eigenvalue weighted by Crippen LogP contribution is -2.50. The first-order chi connectivity index (χ1) is 13.2. The minimum absolute atomic E-state index is 0.314. The van der Waals surface area contributed by atoms with E-state index in [4.69, 9.17) is 4.74 Å². The molecule has 1 heterocycles. The number of rotatable bonds is 5. The number of hydrogen-bond donors (Lipinski definition) is 1. The number of aliphatic hydroxyl groups is 1. The van der Waals surface area contributed by atoms with Crippen LogP contribution in [0.3, 0.4) is 0 Å². The molecule has 154 valence electrons. The highest BCUT2D eigenvalue weighted by atomic mass is 16.6. The third-order valence-corrected chi connectivity index (χ3v) is 8.09. The Morgan fingerprint density at radius 1 is 1.39 bits per heavy atom. The standard InChI is InChI=1S/C25H36O3/c1-17(8-6-10-20-16-22(26)28-23(20)27)12-14-24(4)19(3)13-15-25(5)18(2)9-7-11-21(24)25/h6,8,10,16,19,21,23,27H,2,7,9,11-15H2,1,3-5H3/b10-6+,17-8+. The molecule has 28 heavy (non-hydrogen) atoms. The highest BCUT2D eigenvalue weighted by molar-refractivity contribution is 5.86. The van der Waals surface area contributed by atoms with Crippen LogP contribution in [0.5, 0.6) is 0 Å². The zero-order valence-electron chi connectivity index (χ0n) is 18.0. The Balaban J connectivity index is 1.67. The molecule has 5 atom stereocenters. The lowest BCUT2D eigenvalue weighted by atomic mass is 9.46. The number of allylic oxidation sites excluding steroid dienone is 4. The van der Waals surface area contributed by atoms with Gasteiger partial charge in [0.1, 0.15) is 0 Å². The van der Waals surface area contributed by atoms with Crippen LogP contribution in [0.15, 0.2) is 47.6 Å². The summed E-state index contributed by atoms with van der Waals surface area (Å²) in [5.41, 5.74) is 3.98. The summed E-state index contributed by atoms with van der Waals surface area (Å²) in [6.07, 6.45) is 14.7. The molecule has 0 amide bonds. The summed E-state index contributed by atoms with van der Waals surface area (Å²) < 4.78 is 4.70. The lowest BCUT2D eigenvalue weighted by molar-refractivity contribution is -0.150. The van der Waals surface area contributed by atoms with Gasteiger partial charge in [-0.3, -0.25) is 0 Å². The highest BCUT2D eigenvalue weighted by Gasteiger charge is 2.53. The van der Waals surface area contributed by atoms with Gasteiger partial charge in [-0.2, -0.15) is 0 Å². The largest absolute Gasteiger partial charge is 0.428 e. The second-order valence-electron chi connectivity index (χ2n) is 9.72. The van der Waals surface area contributed by atoms with Gasteiger partial charge in [0.15, 0.2) is 0 Å². The summed E-state index contributed by atoms with van der Waals surface area (Å²) in [5.74, 6) is 0.987. The molecule has 0 bridgehead atoms. The quantitative estimate of drug-likeness (QED) is 0.366. The molecule has 3 nitrogen and oxygen atoms in total. The van der Waals surface area contributed by atoms with E-state index < -0.39 is 12.3 Å². The lowest BCUT2D eigenvalue weighted by Gasteiger charge is -2.59. The number of esters is 1. The number of fused-ring (bicyclic) bond motifs is 1. The van der Waals surface area contributed by atoms with E-state index in [0.29, 0.717) is 16.4 Å². The third kappa shape index (κ3) is 3.91. The van der Waals surface area contributed by atoms with Gasteiger partial charge in [0, 0.05) is 11.6 Å². The molecule has 0 spiro atoms. The van der Waals surface area contributed by atoms with E-state index >= 15 is 0 Å². The van der Waals surface area contributed by atoms with Gasteiger partial charge in [-0.15, -0.1) is 0 Å². The topological polar surface area (TPSA) is 46.5 Å². The molecule has 3 heteroatoms. The first kappa shape index (κ1) is 21.1. The minimum Gasteiger partial charge on any atom is -0.428 e. The third-order valence-electron chi connectivity index (χ3n) is 8.09. The molecule has 0 saturated heterocycles. The first-order valence-electron chi connectivity index (χ1n) is 10.8. The fraction of sp³-hybridized carbons (Fsp3) is 0.640. The summed E-state index contributed by atoms with van der Waals surface area (Å²) in [7, 11) is 0. The van der Waals surface area contributed by atoms with Gasteiger partial charge in [0.2, 0.25) is 6.29 Å². The van der Waals surface area contributed by atoms with Gasteiger partial charge in [-0.25, -0.2) is 4.79 Å². The number of carbonyl (C=O) groups excluding carboxylic acids is 1. The molecule has 5 unspecified atom stereocenters. The van der Waals surface area contributed by atoms with Crippen LogP contribution in [0, 0.1) is 22.7 Å². The number of aliphatic hydroxyl groups excluding tert-OH is 1. The Bertz CT molecular complexity index is 728. The Hall–Kier alpha value is -1.61. The van der Waals surface area contributed by atoms with Crippen LogP contribution in [0.2, 0.25) is 0 Å². The van der Waals surface area contributed by atoms with Crippen molar-refractivity contribution in [2.75, 3.05) is 0 Å². The van der Waals surface area contributed by atoms with Crippen molar-refractivity contribution in [2.45, 2.75) is 78.9 Å². The molecule has 2 fully saturated rings. The van der Waals surface area contributed by atoms with Crippen LogP contribution >= 0.6 is 0 Å². The zero-order chi connectivity index (χ0) is 20.5. The summed E-state index contributed by atoms with van der Waals surface area (Å²) >= 11 is 0. The fourth-order valence-corrected chi connectivity index (χ4v) is 5.81. The Kier molecular flexibility index (Phi) is 6.05. The number of ether oxygens (including phenoxy) is 1. The Morgan fingerprint density at radius 3 is 2.82 bits per heavy atom. The Labute approximate surface area is 170 Å². The van der Waals surface area contributed by atoms with Crippen LogP contribution in [-0.2, 0) is 9.53 Å². The van der Waals surface area contributed by atoms with Crippen molar-refractivity contribution in [1.29, 1.82) is 0 Å². The molecule has 3 aliphatic rings. The maximum atomic E-state index is 11.2. The average Bonchev–Trinajstić information content (AvgIpc) is 2.96. The van der Waals surface area contributed by atoms with E-state index in [-0.39, 0.29) is 0 Å². The van der Waals surface area contributed by atoms with Crippen molar-refractivity contribution in [3.63, 3.8) is 0 Å². The van der Waals surface area contributed by atoms with Gasteiger partial charge in [-0.1, -0.05) is 56.7 Å². The number of hydrogen-bond acceptors (Lipinski definition) is 3. The van der Waals surface area contributed by atoms with Crippen LogP contribution in [-0.4, -0.2) is 17.4 Å². The van der Waals surface area contributed by atoms with Crippen LogP contribution < -0.4 is 0 Å². The van der Waals surface area contributed by atoms with Crippen LogP contribution in [0.1, 0.15) is 72.6 Å². The molecule has 2 aliphatic carbocycles. The van der Waals surface area contributed by atoms with Crippen LogP contribution in [0.25, 0.3) is 0 Å². The smallest absolute Gasteiger partial charge is 0.333 e. The normalized spacial score (nSPS) is 39.1. The number of carbonyl (C=O) groups is 1. The summed E-state index contributed by atoms with van der Waals surface area (Å²) in [6.45, 7) is 14.1. The molecule has 0 aromatic carbocycles. The predicted molar refractivity (Wildman–Crippen MR) is 113 cm³/mol. The van der Waals surface area contributed by atoms with E-state index in [1.807, 2.05) is 6.08 Å². The molecule has 0 radical (unpaired) electrons. The minimum atomic E-state index is -1.13. The zero-order valence-corrected chi connectivity index (χ0v) is 18.0. The molecule has 0 aromatic heterocycles. The first-order valence-corrected chi connectivity index (χ1v) is 10.8. The molecule has 2 saturated carbocycles. The van der Waals surface area contributed by atoms with Crippen molar-refractivity contribution < 1.29 is 14.6 Å². The van der Waals surface area contributed by atoms with Crippen molar-refractivity contribution in [3.05, 3.63) is 47.6 Å². The summed E-state index contributed by atoms with van der Waals surface area (Å²) in [6, 6.07) is 0. The highest BCUT2D eigenvalue weighted by Crippen LogP contribution is 2.62. The fourth-order valence-electron chi connectivity index (χ4n) is 5.81. The van der Waals surface area contributed by atoms with E-state index in [0.717, 1.165) is 18.3 Å². The molecule has 0 aromatic rings. The molecule has 1 aliphatic heterocycles. The maximum Gasteiger partial charge on any atom is 0.333 e. The summed E-state index contributed by atoms with van der Waals surface area (Å²) in [4.78, 5) is 11.2. The van der Waals surface area contributed by atoms with E-state index in [1.54, 1.807) is 6.08 Å². The number of cyclic esters (lactones) is 1. The maximum absolute atomic E-state index is 11.2.